The lowest BCUT2D eigenvalue weighted by Crippen LogP contribution is -2.17. The van der Waals surface area contributed by atoms with Crippen molar-refractivity contribution in [2.75, 3.05) is 5.32 Å². The Labute approximate surface area is 175 Å². The maximum atomic E-state index is 12.5. The van der Waals surface area contributed by atoms with Crippen LogP contribution in [-0.4, -0.2) is 21.6 Å². The number of thiophene rings is 1. The van der Waals surface area contributed by atoms with E-state index in [4.69, 9.17) is 0 Å². The summed E-state index contributed by atoms with van der Waals surface area (Å²) in [6.07, 6.45) is -6.73. The van der Waals surface area contributed by atoms with Gasteiger partial charge in [-0.2, -0.15) is 13.2 Å². The summed E-state index contributed by atoms with van der Waals surface area (Å²) in [5.74, 6) is -0.713. The normalized spacial score (nSPS) is 11.3. The molecule has 30 heavy (non-hydrogen) atoms. The van der Waals surface area contributed by atoms with Crippen molar-refractivity contribution in [1.82, 2.24) is 9.36 Å². The standard InChI is InChI=1S/C18H12F5N3O2S2/c1-9(15(19)20)5-14-24-17(30-26-14)25-16(27)11-7-13(29-8-11)10-3-2-4-12(6-10)28-18(21,22)23/h2-4,6-8H,5H2,1H3,(H,24,25,26,27). The summed E-state index contributed by atoms with van der Waals surface area (Å²) in [4.78, 5) is 16.9. The molecule has 0 aliphatic rings. The minimum Gasteiger partial charge on any atom is -0.406 e. The monoisotopic (exact) mass is 461 g/mol. The van der Waals surface area contributed by atoms with Gasteiger partial charge < -0.3 is 4.74 Å². The number of nitrogens with zero attached hydrogens (tertiary/aromatic N) is 2. The third kappa shape index (κ3) is 5.83. The lowest BCUT2D eigenvalue weighted by atomic mass is 10.1. The summed E-state index contributed by atoms with van der Waals surface area (Å²) in [5.41, 5.74) is 0.555. The van der Waals surface area contributed by atoms with Gasteiger partial charge in [0.1, 0.15) is 11.6 Å². The molecule has 0 saturated carbocycles. The number of carbonyl (C=O) groups is 1. The minimum absolute atomic E-state index is 0.131. The summed E-state index contributed by atoms with van der Waals surface area (Å²) >= 11 is 2.02. The van der Waals surface area contributed by atoms with E-state index in [1.54, 1.807) is 6.07 Å². The predicted octanol–water partition coefficient (Wildman–Crippen LogP) is 6.13. The molecular formula is C18H12F5N3O2S2. The average Bonchev–Trinajstić information content (AvgIpc) is 3.30. The number of hydrogen-bond acceptors (Lipinski definition) is 6. The highest BCUT2D eigenvalue weighted by Gasteiger charge is 2.31. The van der Waals surface area contributed by atoms with E-state index < -0.39 is 18.4 Å². The second-order valence-corrected chi connectivity index (χ2v) is 7.63. The van der Waals surface area contributed by atoms with E-state index in [2.05, 4.69) is 19.4 Å². The first-order chi connectivity index (χ1) is 14.1. The first-order valence-electron chi connectivity index (χ1n) is 8.20. The molecule has 12 heteroatoms. The van der Waals surface area contributed by atoms with Crippen molar-refractivity contribution in [2.45, 2.75) is 19.7 Å². The van der Waals surface area contributed by atoms with E-state index in [0.29, 0.717) is 10.4 Å². The fourth-order valence-electron chi connectivity index (χ4n) is 2.30. The highest BCUT2D eigenvalue weighted by molar-refractivity contribution is 7.14. The smallest absolute Gasteiger partial charge is 0.406 e. The Morgan fingerprint density at radius 3 is 2.70 bits per heavy atom. The maximum Gasteiger partial charge on any atom is 0.573 e. The molecule has 2 aromatic heterocycles. The predicted molar refractivity (Wildman–Crippen MR) is 103 cm³/mol. The molecule has 0 radical (unpaired) electrons. The molecule has 0 aliphatic heterocycles. The molecule has 0 aliphatic carbocycles. The minimum atomic E-state index is -4.80. The van der Waals surface area contributed by atoms with Crippen molar-refractivity contribution in [1.29, 1.82) is 0 Å². The van der Waals surface area contributed by atoms with E-state index in [1.165, 1.54) is 47.9 Å². The number of aromatic nitrogens is 2. The van der Waals surface area contributed by atoms with Gasteiger partial charge in [-0.05, 0) is 36.3 Å². The molecule has 0 saturated heterocycles. The van der Waals surface area contributed by atoms with Crippen LogP contribution >= 0.6 is 22.9 Å². The SMILES string of the molecule is CC(Cc1nsc(NC(=O)c2csc(-c3cccc(OC(F)(F)F)c3)c2)n1)=C(F)F. The van der Waals surface area contributed by atoms with Gasteiger partial charge in [-0.1, -0.05) is 12.1 Å². The number of benzene rings is 1. The first kappa shape index (κ1) is 21.8. The zero-order valence-corrected chi connectivity index (χ0v) is 16.7. The Balaban J connectivity index is 1.69. The average molecular weight is 461 g/mol. The highest BCUT2D eigenvalue weighted by atomic mass is 32.1. The molecular weight excluding hydrogens is 449 g/mol. The summed E-state index contributed by atoms with van der Waals surface area (Å²) in [6, 6.07) is 6.91. The third-order valence-electron chi connectivity index (χ3n) is 3.65. The van der Waals surface area contributed by atoms with Crippen LogP contribution in [0.15, 0.2) is 47.4 Å². The topological polar surface area (TPSA) is 64.1 Å². The van der Waals surface area contributed by atoms with Crippen LogP contribution in [0.5, 0.6) is 5.75 Å². The van der Waals surface area contributed by atoms with Crippen LogP contribution < -0.4 is 10.1 Å². The van der Waals surface area contributed by atoms with Crippen molar-refractivity contribution in [3.63, 3.8) is 0 Å². The van der Waals surface area contributed by atoms with Crippen molar-refractivity contribution in [2.24, 2.45) is 0 Å². The third-order valence-corrected chi connectivity index (χ3v) is 5.30. The fourth-order valence-corrected chi connectivity index (χ4v) is 3.77. The van der Waals surface area contributed by atoms with Gasteiger partial charge >= 0.3 is 6.36 Å². The molecule has 0 spiro atoms. The van der Waals surface area contributed by atoms with Crippen LogP contribution in [0.3, 0.4) is 0 Å². The quantitative estimate of drug-likeness (QED) is 0.449. The number of ether oxygens (including phenoxy) is 1. The Morgan fingerprint density at radius 1 is 1.23 bits per heavy atom. The van der Waals surface area contributed by atoms with Gasteiger partial charge in [0.15, 0.2) is 0 Å². The van der Waals surface area contributed by atoms with Crippen LogP contribution in [0.1, 0.15) is 23.1 Å². The summed E-state index contributed by atoms with van der Waals surface area (Å²) < 4.78 is 70.0. The number of amides is 1. The van der Waals surface area contributed by atoms with E-state index in [1.807, 2.05) is 0 Å². The van der Waals surface area contributed by atoms with E-state index >= 15 is 0 Å². The van der Waals surface area contributed by atoms with E-state index in [-0.39, 0.29) is 34.3 Å². The summed E-state index contributed by atoms with van der Waals surface area (Å²) in [5, 5.41) is 4.21. The molecule has 1 amide bonds. The lowest BCUT2D eigenvalue weighted by molar-refractivity contribution is -0.274. The van der Waals surface area contributed by atoms with Crippen LogP contribution in [-0.2, 0) is 6.42 Å². The van der Waals surface area contributed by atoms with Crippen molar-refractivity contribution >= 4 is 33.9 Å². The van der Waals surface area contributed by atoms with Gasteiger partial charge in [0.25, 0.3) is 12.0 Å². The largest absolute Gasteiger partial charge is 0.573 e. The van der Waals surface area contributed by atoms with Crippen molar-refractivity contribution in [3.05, 3.63) is 58.8 Å². The van der Waals surface area contributed by atoms with Gasteiger partial charge in [-0.15, -0.1) is 24.5 Å². The summed E-state index contributed by atoms with van der Waals surface area (Å²) in [6.45, 7) is 1.26. The fraction of sp³-hybridized carbons (Fsp3) is 0.167. The molecule has 2 heterocycles. The molecule has 1 aromatic carbocycles. The number of anilines is 1. The van der Waals surface area contributed by atoms with Crippen molar-refractivity contribution in [3.8, 4) is 16.2 Å². The zero-order valence-electron chi connectivity index (χ0n) is 15.1. The van der Waals surface area contributed by atoms with Gasteiger partial charge in [0, 0.05) is 28.2 Å². The molecule has 3 aromatic rings. The molecule has 0 fully saturated rings. The second kappa shape index (κ2) is 8.88. The molecule has 1 N–H and O–H groups in total. The molecule has 0 atom stereocenters. The zero-order chi connectivity index (χ0) is 21.9. The van der Waals surface area contributed by atoms with E-state index in [0.717, 1.165) is 11.5 Å². The van der Waals surface area contributed by atoms with Crippen molar-refractivity contribution < 1.29 is 31.5 Å². The number of hydrogen-bond donors (Lipinski definition) is 1. The van der Waals surface area contributed by atoms with Gasteiger partial charge in [-0.3, -0.25) is 10.1 Å². The number of nitrogens with one attached hydrogen (secondary N) is 1. The van der Waals surface area contributed by atoms with Crippen LogP contribution in [0.2, 0.25) is 0 Å². The maximum absolute atomic E-state index is 12.5. The van der Waals surface area contributed by atoms with Gasteiger partial charge in [0.05, 0.1) is 5.56 Å². The number of carbonyl (C=O) groups excluding carboxylic acids is 1. The Kier molecular flexibility index (Phi) is 6.46. The first-order valence-corrected chi connectivity index (χ1v) is 9.85. The number of rotatable bonds is 6. The highest BCUT2D eigenvalue weighted by Crippen LogP contribution is 2.32. The molecule has 0 unspecified atom stereocenters. The Morgan fingerprint density at radius 2 is 2.00 bits per heavy atom. The summed E-state index contributed by atoms with van der Waals surface area (Å²) in [7, 11) is 0. The molecule has 158 valence electrons. The lowest BCUT2D eigenvalue weighted by Gasteiger charge is -2.09. The molecule has 3 rings (SSSR count). The van der Waals surface area contributed by atoms with Gasteiger partial charge in [-0.25, -0.2) is 4.98 Å². The second-order valence-electron chi connectivity index (χ2n) is 5.96. The molecule has 0 bridgehead atoms. The number of halogens is 5. The molecule has 5 nitrogen and oxygen atoms in total. The van der Waals surface area contributed by atoms with Crippen LogP contribution in [0.4, 0.5) is 27.1 Å². The van der Waals surface area contributed by atoms with Crippen LogP contribution in [0.25, 0.3) is 10.4 Å². The number of allylic oxidation sites excluding steroid dienone is 1. The Bertz CT molecular complexity index is 1090. The van der Waals surface area contributed by atoms with E-state index in [9.17, 15) is 26.7 Å². The van der Waals surface area contributed by atoms with Crippen LogP contribution in [0, 0.1) is 0 Å². The van der Waals surface area contributed by atoms with Gasteiger partial charge in [0.2, 0.25) is 5.13 Å². The number of alkyl halides is 3. The Hall–Kier alpha value is -2.86.